The highest BCUT2D eigenvalue weighted by Gasteiger charge is 2.11. The van der Waals surface area contributed by atoms with Gasteiger partial charge in [-0.2, -0.15) is 0 Å². The van der Waals surface area contributed by atoms with E-state index in [1.807, 2.05) is 19.1 Å². The van der Waals surface area contributed by atoms with E-state index >= 15 is 0 Å². The standard InChI is InChI=1S/C16H25Cl2NO.ClH/c1-5-19(7-6-17)8-9-20-16-10-13(4)15(18)11-14(16)12(2)3;/h10-12H,5-9H2,1-4H3;1H. The fraction of sp³-hybridized carbons (Fsp3) is 0.625. The Morgan fingerprint density at radius 3 is 2.43 bits per heavy atom. The van der Waals surface area contributed by atoms with E-state index in [4.69, 9.17) is 27.9 Å². The van der Waals surface area contributed by atoms with Crippen molar-refractivity contribution >= 4 is 35.6 Å². The third kappa shape index (κ3) is 6.65. The first-order chi connectivity index (χ1) is 9.49. The van der Waals surface area contributed by atoms with E-state index in [-0.39, 0.29) is 12.4 Å². The highest BCUT2D eigenvalue weighted by molar-refractivity contribution is 6.31. The van der Waals surface area contributed by atoms with Crippen LogP contribution in [0.1, 0.15) is 37.8 Å². The molecule has 0 aliphatic carbocycles. The zero-order chi connectivity index (χ0) is 15.1. The lowest BCUT2D eigenvalue weighted by Gasteiger charge is -2.21. The van der Waals surface area contributed by atoms with E-state index in [1.165, 1.54) is 5.56 Å². The van der Waals surface area contributed by atoms with Gasteiger partial charge in [0.2, 0.25) is 0 Å². The summed E-state index contributed by atoms with van der Waals surface area (Å²) in [5.74, 6) is 2.00. The summed E-state index contributed by atoms with van der Waals surface area (Å²) in [6, 6.07) is 4.06. The highest BCUT2D eigenvalue weighted by atomic mass is 35.5. The summed E-state index contributed by atoms with van der Waals surface area (Å²) in [6.07, 6.45) is 0. The van der Waals surface area contributed by atoms with Gasteiger partial charge in [-0.05, 0) is 42.6 Å². The second-order valence-corrected chi connectivity index (χ2v) is 6.05. The molecule has 0 atom stereocenters. The molecule has 122 valence electrons. The minimum atomic E-state index is 0. The first-order valence-electron chi connectivity index (χ1n) is 7.20. The van der Waals surface area contributed by atoms with Gasteiger partial charge in [0.1, 0.15) is 12.4 Å². The van der Waals surface area contributed by atoms with Crippen LogP contribution in [0.15, 0.2) is 12.1 Å². The molecule has 0 amide bonds. The lowest BCUT2D eigenvalue weighted by Crippen LogP contribution is -2.30. The van der Waals surface area contributed by atoms with Crippen LogP contribution < -0.4 is 4.74 Å². The number of hydrogen-bond acceptors (Lipinski definition) is 2. The van der Waals surface area contributed by atoms with Crippen molar-refractivity contribution < 1.29 is 4.74 Å². The van der Waals surface area contributed by atoms with E-state index in [2.05, 4.69) is 25.7 Å². The number of alkyl halides is 1. The van der Waals surface area contributed by atoms with Gasteiger partial charge in [0, 0.05) is 24.0 Å². The lowest BCUT2D eigenvalue weighted by molar-refractivity contribution is 0.222. The molecule has 0 saturated carbocycles. The predicted octanol–water partition coefficient (Wildman–Crippen LogP) is 5.13. The molecule has 21 heavy (non-hydrogen) atoms. The Morgan fingerprint density at radius 1 is 1.24 bits per heavy atom. The number of rotatable bonds is 8. The van der Waals surface area contributed by atoms with Crippen molar-refractivity contribution in [2.75, 3.05) is 32.1 Å². The molecule has 0 fully saturated rings. The molecule has 0 spiro atoms. The van der Waals surface area contributed by atoms with Gasteiger partial charge in [-0.25, -0.2) is 0 Å². The smallest absolute Gasteiger partial charge is 0.123 e. The summed E-state index contributed by atoms with van der Waals surface area (Å²) in [4.78, 5) is 2.28. The van der Waals surface area contributed by atoms with Crippen molar-refractivity contribution in [2.45, 2.75) is 33.6 Å². The van der Waals surface area contributed by atoms with E-state index in [0.717, 1.165) is 36.0 Å². The minimum absolute atomic E-state index is 0. The maximum absolute atomic E-state index is 6.20. The van der Waals surface area contributed by atoms with Crippen LogP contribution in [-0.2, 0) is 0 Å². The van der Waals surface area contributed by atoms with Crippen LogP contribution in [0.25, 0.3) is 0 Å². The maximum atomic E-state index is 6.20. The van der Waals surface area contributed by atoms with Crippen molar-refractivity contribution in [3.05, 3.63) is 28.3 Å². The van der Waals surface area contributed by atoms with Gasteiger partial charge in [0.25, 0.3) is 0 Å². The highest BCUT2D eigenvalue weighted by Crippen LogP contribution is 2.31. The second-order valence-electron chi connectivity index (χ2n) is 5.27. The number of halogens is 3. The molecule has 0 unspecified atom stereocenters. The minimum Gasteiger partial charge on any atom is -0.492 e. The summed E-state index contributed by atoms with van der Waals surface area (Å²) in [7, 11) is 0. The molecule has 0 aliphatic rings. The summed E-state index contributed by atoms with van der Waals surface area (Å²) < 4.78 is 5.97. The Morgan fingerprint density at radius 2 is 1.90 bits per heavy atom. The number of likely N-dealkylation sites (N-methyl/N-ethyl adjacent to an activating group) is 1. The van der Waals surface area contributed by atoms with E-state index in [9.17, 15) is 0 Å². The molecule has 0 radical (unpaired) electrons. The molecule has 5 heteroatoms. The molecule has 0 aromatic heterocycles. The molecule has 0 N–H and O–H groups in total. The van der Waals surface area contributed by atoms with Crippen molar-refractivity contribution in [1.82, 2.24) is 4.90 Å². The molecule has 1 aromatic carbocycles. The summed E-state index contributed by atoms with van der Waals surface area (Å²) in [6.45, 7) is 11.9. The lowest BCUT2D eigenvalue weighted by atomic mass is 10.0. The Kier molecular flexibility index (Phi) is 10.5. The Labute approximate surface area is 145 Å². The number of ether oxygens (including phenoxy) is 1. The van der Waals surface area contributed by atoms with Gasteiger partial charge < -0.3 is 4.74 Å². The third-order valence-corrected chi connectivity index (χ3v) is 4.00. The summed E-state index contributed by atoms with van der Waals surface area (Å²) in [5.41, 5.74) is 2.22. The van der Waals surface area contributed by atoms with Crippen LogP contribution >= 0.6 is 35.6 Å². The van der Waals surface area contributed by atoms with Crippen molar-refractivity contribution in [2.24, 2.45) is 0 Å². The van der Waals surface area contributed by atoms with Crippen LogP contribution in [0.3, 0.4) is 0 Å². The topological polar surface area (TPSA) is 12.5 Å². The summed E-state index contributed by atoms with van der Waals surface area (Å²) in [5, 5.41) is 0.804. The van der Waals surface area contributed by atoms with E-state index in [0.29, 0.717) is 18.4 Å². The van der Waals surface area contributed by atoms with Gasteiger partial charge in [0.15, 0.2) is 0 Å². The fourth-order valence-electron chi connectivity index (χ4n) is 2.08. The van der Waals surface area contributed by atoms with Gasteiger partial charge in [0.05, 0.1) is 0 Å². The first kappa shape index (κ1) is 20.9. The Balaban J connectivity index is 0.00000400. The largest absolute Gasteiger partial charge is 0.492 e. The molecule has 0 bridgehead atoms. The molecule has 0 aliphatic heterocycles. The number of hydrogen-bond donors (Lipinski definition) is 0. The van der Waals surface area contributed by atoms with E-state index < -0.39 is 0 Å². The van der Waals surface area contributed by atoms with Gasteiger partial charge in [-0.3, -0.25) is 4.90 Å². The second kappa shape index (κ2) is 10.6. The van der Waals surface area contributed by atoms with Gasteiger partial charge in [-0.1, -0.05) is 32.4 Å². The van der Waals surface area contributed by atoms with Crippen LogP contribution in [0.4, 0.5) is 0 Å². The SMILES string of the molecule is CCN(CCCl)CCOc1cc(C)c(Cl)cc1C(C)C.Cl. The first-order valence-corrected chi connectivity index (χ1v) is 8.12. The van der Waals surface area contributed by atoms with E-state index in [1.54, 1.807) is 0 Å². The van der Waals surface area contributed by atoms with Crippen LogP contribution in [0.5, 0.6) is 5.75 Å². The van der Waals surface area contributed by atoms with Crippen molar-refractivity contribution in [3.8, 4) is 5.75 Å². The van der Waals surface area contributed by atoms with Gasteiger partial charge >= 0.3 is 0 Å². The Hall–Kier alpha value is -0.150. The number of benzene rings is 1. The molecule has 0 heterocycles. The molecule has 1 rings (SSSR count). The van der Waals surface area contributed by atoms with Gasteiger partial charge in [-0.15, -0.1) is 24.0 Å². The molecule has 1 aromatic rings. The third-order valence-electron chi connectivity index (χ3n) is 3.43. The molecule has 0 saturated heterocycles. The predicted molar refractivity (Wildman–Crippen MR) is 95.9 cm³/mol. The van der Waals surface area contributed by atoms with Crippen LogP contribution in [0.2, 0.25) is 5.02 Å². The fourth-order valence-corrected chi connectivity index (χ4v) is 2.49. The van der Waals surface area contributed by atoms with Crippen molar-refractivity contribution in [3.63, 3.8) is 0 Å². The number of aryl methyl sites for hydroxylation is 1. The van der Waals surface area contributed by atoms with Crippen LogP contribution in [-0.4, -0.2) is 37.0 Å². The average molecular weight is 355 g/mol. The monoisotopic (exact) mass is 353 g/mol. The molecule has 2 nitrogen and oxygen atoms in total. The molecular formula is C16H26Cl3NO. The maximum Gasteiger partial charge on any atom is 0.123 e. The zero-order valence-corrected chi connectivity index (χ0v) is 15.6. The molecular weight excluding hydrogens is 329 g/mol. The zero-order valence-electron chi connectivity index (χ0n) is 13.3. The number of nitrogens with zero attached hydrogens (tertiary/aromatic N) is 1. The average Bonchev–Trinajstić information content (AvgIpc) is 2.41. The van der Waals surface area contributed by atoms with Crippen LogP contribution in [0, 0.1) is 6.92 Å². The summed E-state index contributed by atoms with van der Waals surface area (Å²) >= 11 is 12.0. The Bertz CT molecular complexity index is 424. The quantitative estimate of drug-likeness (QED) is 0.600. The normalized spacial score (nSPS) is 10.9. The van der Waals surface area contributed by atoms with Crippen molar-refractivity contribution in [1.29, 1.82) is 0 Å².